The molecule has 0 atom stereocenters. The third-order valence-electron chi connectivity index (χ3n) is 2.26. The Kier molecular flexibility index (Phi) is 4.19. The third-order valence-corrected chi connectivity index (χ3v) is 3.07. The number of alkyl halides is 1. The molecule has 0 unspecified atom stereocenters. The van der Waals surface area contributed by atoms with Crippen LogP contribution in [0.2, 0.25) is 0 Å². The first-order valence-corrected chi connectivity index (χ1v) is 6.40. The molecule has 18 heavy (non-hydrogen) atoms. The van der Waals surface area contributed by atoms with Crippen molar-refractivity contribution in [2.24, 2.45) is 0 Å². The van der Waals surface area contributed by atoms with Crippen LogP contribution >= 0.6 is 27.5 Å². The van der Waals surface area contributed by atoms with E-state index in [4.69, 9.17) is 16.3 Å². The van der Waals surface area contributed by atoms with Gasteiger partial charge in [0.15, 0.2) is 23.1 Å². The van der Waals surface area contributed by atoms with Crippen molar-refractivity contribution in [2.45, 2.75) is 5.88 Å². The topological polar surface area (TPSA) is 9.23 Å². The van der Waals surface area contributed by atoms with E-state index in [2.05, 4.69) is 15.9 Å². The minimum absolute atomic E-state index is 0.0317. The highest BCUT2D eigenvalue weighted by Crippen LogP contribution is 2.29. The Morgan fingerprint density at radius 2 is 1.61 bits per heavy atom. The lowest BCUT2D eigenvalue weighted by Crippen LogP contribution is -1.92. The molecule has 0 bridgehead atoms. The smallest absolute Gasteiger partial charge is 0.166 e. The zero-order valence-corrected chi connectivity index (χ0v) is 11.4. The lowest BCUT2D eigenvalue weighted by Gasteiger charge is -2.08. The number of hydrogen-bond acceptors (Lipinski definition) is 1. The Balaban J connectivity index is 2.28. The fourth-order valence-corrected chi connectivity index (χ4v) is 1.89. The molecule has 0 saturated heterocycles. The average Bonchev–Trinajstić information content (AvgIpc) is 2.34. The Bertz CT molecular complexity index is 575. The van der Waals surface area contributed by atoms with Crippen LogP contribution in [0, 0.1) is 11.6 Å². The van der Waals surface area contributed by atoms with Crippen molar-refractivity contribution >= 4 is 27.5 Å². The minimum Gasteiger partial charge on any atom is -0.451 e. The predicted molar refractivity (Wildman–Crippen MR) is 70.1 cm³/mol. The van der Waals surface area contributed by atoms with Gasteiger partial charge in [0.1, 0.15) is 0 Å². The molecule has 5 heteroatoms. The molecule has 0 aromatic heterocycles. The van der Waals surface area contributed by atoms with E-state index < -0.39 is 11.6 Å². The second-order valence-electron chi connectivity index (χ2n) is 3.58. The van der Waals surface area contributed by atoms with Gasteiger partial charge in [-0.25, -0.2) is 8.78 Å². The molecular formula is C13H8BrClF2O. The number of halogens is 4. The van der Waals surface area contributed by atoms with Gasteiger partial charge in [-0.2, -0.15) is 0 Å². The number of ether oxygens (including phenoxy) is 1. The Labute approximate surface area is 116 Å². The molecule has 0 N–H and O–H groups in total. The van der Waals surface area contributed by atoms with E-state index in [-0.39, 0.29) is 17.4 Å². The standard InChI is InChI=1S/C13H8BrClF2O/c14-9-2-4-13(11(17)6-9)18-12-3-1-8(7-15)5-10(12)16/h1-6H,7H2. The van der Waals surface area contributed by atoms with Gasteiger partial charge in [-0.3, -0.25) is 0 Å². The Morgan fingerprint density at radius 3 is 2.17 bits per heavy atom. The van der Waals surface area contributed by atoms with Crippen LogP contribution in [-0.2, 0) is 5.88 Å². The third kappa shape index (κ3) is 3.00. The van der Waals surface area contributed by atoms with Gasteiger partial charge >= 0.3 is 0 Å². The highest BCUT2D eigenvalue weighted by Gasteiger charge is 2.09. The first-order valence-electron chi connectivity index (χ1n) is 5.07. The second-order valence-corrected chi connectivity index (χ2v) is 4.76. The molecular weight excluding hydrogens is 325 g/mol. The van der Waals surface area contributed by atoms with Crippen LogP contribution < -0.4 is 4.74 Å². The summed E-state index contributed by atoms with van der Waals surface area (Å²) in [6.45, 7) is 0. The van der Waals surface area contributed by atoms with Gasteiger partial charge in [-0.1, -0.05) is 22.0 Å². The summed E-state index contributed by atoms with van der Waals surface area (Å²) in [7, 11) is 0. The van der Waals surface area contributed by atoms with Crippen molar-refractivity contribution in [3.8, 4) is 11.5 Å². The molecule has 0 fully saturated rings. The van der Waals surface area contributed by atoms with Crippen molar-refractivity contribution in [3.63, 3.8) is 0 Å². The Morgan fingerprint density at radius 1 is 1.00 bits per heavy atom. The zero-order valence-electron chi connectivity index (χ0n) is 9.09. The van der Waals surface area contributed by atoms with E-state index in [0.717, 1.165) is 0 Å². The van der Waals surface area contributed by atoms with Crippen molar-refractivity contribution in [1.29, 1.82) is 0 Å². The van der Waals surface area contributed by atoms with Gasteiger partial charge < -0.3 is 4.74 Å². The second kappa shape index (κ2) is 5.67. The van der Waals surface area contributed by atoms with Crippen molar-refractivity contribution in [3.05, 3.63) is 58.1 Å². The van der Waals surface area contributed by atoms with Gasteiger partial charge in [0.2, 0.25) is 0 Å². The molecule has 2 aromatic rings. The lowest BCUT2D eigenvalue weighted by atomic mass is 10.2. The fraction of sp³-hybridized carbons (Fsp3) is 0.0769. The summed E-state index contributed by atoms with van der Waals surface area (Å²) in [5.74, 6) is -0.995. The van der Waals surface area contributed by atoms with Crippen LogP contribution in [0.4, 0.5) is 8.78 Å². The SMILES string of the molecule is Fc1cc(Br)ccc1Oc1ccc(CCl)cc1F. The molecule has 0 heterocycles. The van der Waals surface area contributed by atoms with Crippen LogP contribution in [0.3, 0.4) is 0 Å². The van der Waals surface area contributed by atoms with Crippen LogP contribution in [0.25, 0.3) is 0 Å². The van der Waals surface area contributed by atoms with Crippen molar-refractivity contribution in [1.82, 2.24) is 0 Å². The largest absolute Gasteiger partial charge is 0.451 e. The molecule has 0 aliphatic rings. The predicted octanol–water partition coefficient (Wildman–Crippen LogP) is 5.26. The van der Waals surface area contributed by atoms with E-state index >= 15 is 0 Å². The fourth-order valence-electron chi connectivity index (χ4n) is 1.39. The van der Waals surface area contributed by atoms with Gasteiger partial charge in [-0.05, 0) is 35.9 Å². The van der Waals surface area contributed by atoms with Crippen LogP contribution in [-0.4, -0.2) is 0 Å². The highest BCUT2D eigenvalue weighted by atomic mass is 79.9. The van der Waals surface area contributed by atoms with Crippen molar-refractivity contribution in [2.75, 3.05) is 0 Å². The minimum atomic E-state index is -0.574. The molecule has 0 aliphatic heterocycles. The molecule has 94 valence electrons. The molecule has 0 radical (unpaired) electrons. The molecule has 0 aliphatic carbocycles. The normalized spacial score (nSPS) is 10.4. The van der Waals surface area contributed by atoms with E-state index in [9.17, 15) is 8.78 Å². The van der Waals surface area contributed by atoms with Crippen molar-refractivity contribution < 1.29 is 13.5 Å². The van der Waals surface area contributed by atoms with Crippen LogP contribution in [0.5, 0.6) is 11.5 Å². The molecule has 0 spiro atoms. The van der Waals surface area contributed by atoms with E-state index in [0.29, 0.717) is 10.0 Å². The summed E-state index contributed by atoms with van der Waals surface area (Å²) in [6, 6.07) is 8.61. The quantitative estimate of drug-likeness (QED) is 0.696. The van der Waals surface area contributed by atoms with Gasteiger partial charge in [-0.15, -0.1) is 11.6 Å². The highest BCUT2D eigenvalue weighted by molar-refractivity contribution is 9.10. The zero-order chi connectivity index (χ0) is 13.1. The number of hydrogen-bond donors (Lipinski definition) is 0. The van der Waals surface area contributed by atoms with Gasteiger partial charge in [0, 0.05) is 10.4 Å². The van der Waals surface area contributed by atoms with E-state index in [1.807, 2.05) is 0 Å². The maximum atomic E-state index is 13.6. The van der Waals surface area contributed by atoms with Crippen LogP contribution in [0.15, 0.2) is 40.9 Å². The average molecular weight is 334 g/mol. The van der Waals surface area contributed by atoms with Crippen LogP contribution in [0.1, 0.15) is 5.56 Å². The van der Waals surface area contributed by atoms with E-state index in [1.165, 1.54) is 24.3 Å². The summed E-state index contributed by atoms with van der Waals surface area (Å²) in [5.41, 5.74) is 0.637. The monoisotopic (exact) mass is 332 g/mol. The Hall–Kier alpha value is -1.13. The summed E-state index contributed by atoms with van der Waals surface area (Å²) in [5, 5.41) is 0. The molecule has 0 saturated carbocycles. The summed E-state index contributed by atoms with van der Waals surface area (Å²) >= 11 is 8.71. The first-order chi connectivity index (χ1) is 8.60. The maximum absolute atomic E-state index is 13.6. The van der Waals surface area contributed by atoms with Gasteiger partial charge in [0.25, 0.3) is 0 Å². The molecule has 1 nitrogen and oxygen atoms in total. The van der Waals surface area contributed by atoms with E-state index in [1.54, 1.807) is 12.1 Å². The maximum Gasteiger partial charge on any atom is 0.166 e. The van der Waals surface area contributed by atoms with Gasteiger partial charge in [0.05, 0.1) is 0 Å². The first kappa shape index (κ1) is 13.3. The summed E-state index contributed by atoms with van der Waals surface area (Å²) in [4.78, 5) is 0. The number of benzene rings is 2. The molecule has 2 aromatic carbocycles. The molecule has 0 amide bonds. The summed E-state index contributed by atoms with van der Waals surface area (Å²) in [6.07, 6.45) is 0. The number of rotatable bonds is 3. The lowest BCUT2D eigenvalue weighted by molar-refractivity contribution is 0.414. The summed E-state index contributed by atoms with van der Waals surface area (Å²) < 4.78 is 32.9. The molecule has 2 rings (SSSR count).